The summed E-state index contributed by atoms with van der Waals surface area (Å²) in [5.41, 5.74) is -2.92. The van der Waals surface area contributed by atoms with Gasteiger partial charge in [-0.3, -0.25) is 14.5 Å². The van der Waals surface area contributed by atoms with E-state index in [1.54, 1.807) is 24.3 Å². The molecule has 10 heteroatoms. The van der Waals surface area contributed by atoms with Crippen molar-refractivity contribution in [3.05, 3.63) is 47.9 Å². The minimum absolute atomic E-state index is 0.0815. The molecule has 0 radical (unpaired) electrons. The van der Waals surface area contributed by atoms with Gasteiger partial charge in [0.2, 0.25) is 5.92 Å². The van der Waals surface area contributed by atoms with Crippen LogP contribution < -0.4 is 10.2 Å². The summed E-state index contributed by atoms with van der Waals surface area (Å²) in [5, 5.41) is 6.35. The third-order valence-electron chi connectivity index (χ3n) is 5.64. The van der Waals surface area contributed by atoms with Gasteiger partial charge in [-0.2, -0.15) is 0 Å². The molecule has 2 atom stereocenters. The molecule has 168 valence electrons. The fraction of sp³-hybridized carbons (Fsp3) is 0.476. The smallest absolute Gasteiger partial charge is 0.278 e. The first kappa shape index (κ1) is 23.1. The Hall–Kier alpha value is -2.55. The van der Waals surface area contributed by atoms with E-state index in [9.17, 15) is 22.8 Å². The average molecular weight is 458 g/mol. The number of nitrogens with zero attached hydrogens (tertiary/aromatic N) is 2. The first-order chi connectivity index (χ1) is 14.5. The van der Waals surface area contributed by atoms with Crippen molar-refractivity contribution in [1.82, 2.24) is 10.5 Å². The normalized spacial score (nSPS) is 19.3. The fourth-order valence-electron chi connectivity index (χ4n) is 3.71. The lowest BCUT2D eigenvalue weighted by Gasteiger charge is -2.40. The van der Waals surface area contributed by atoms with Crippen molar-refractivity contribution in [2.24, 2.45) is 0 Å². The molecule has 1 heterocycles. The minimum Gasteiger partial charge on any atom is -0.364 e. The summed E-state index contributed by atoms with van der Waals surface area (Å²) < 4.78 is 45.9. The number of nitrogens with one attached hydrogen (secondary N) is 1. The third kappa shape index (κ3) is 4.87. The van der Waals surface area contributed by atoms with Crippen LogP contribution in [-0.4, -0.2) is 34.6 Å². The third-order valence-corrected chi connectivity index (χ3v) is 5.82. The van der Waals surface area contributed by atoms with Gasteiger partial charge in [-0.25, -0.2) is 13.2 Å². The van der Waals surface area contributed by atoms with Crippen LogP contribution in [0.15, 0.2) is 41.2 Å². The highest BCUT2D eigenvalue weighted by atomic mass is 35.5. The van der Waals surface area contributed by atoms with E-state index in [0.29, 0.717) is 0 Å². The number of aromatic nitrogens is 1. The molecule has 1 aliphatic carbocycles. The van der Waals surface area contributed by atoms with E-state index >= 15 is 0 Å². The minimum atomic E-state index is -2.76. The zero-order valence-electron chi connectivity index (χ0n) is 17.1. The topological polar surface area (TPSA) is 75.4 Å². The van der Waals surface area contributed by atoms with Gasteiger partial charge in [0.05, 0.1) is 6.20 Å². The molecular weight excluding hydrogens is 435 g/mol. The molecule has 1 aromatic carbocycles. The Bertz CT molecular complexity index is 912. The molecule has 1 aliphatic rings. The van der Waals surface area contributed by atoms with Crippen LogP contribution in [-0.2, 0) is 15.1 Å². The molecule has 0 saturated heterocycles. The molecule has 0 spiro atoms. The van der Waals surface area contributed by atoms with Crippen LogP contribution in [0.4, 0.5) is 18.9 Å². The summed E-state index contributed by atoms with van der Waals surface area (Å²) in [4.78, 5) is 27.3. The standard InChI is InChI=1S/C21H23ClF3N3O3/c1-13-3-5-16(6-4-13)28(18(29)17(22)23)20(2,14-11-26-31-12-14)19(30)27-15-7-9-21(24,25)10-8-15/h3-6,11-12,15,17H,7-10H2,1-2H3,(H,27,30)/t17-,20-/m0/s1. The monoisotopic (exact) mass is 457 g/mol. The zero-order valence-corrected chi connectivity index (χ0v) is 17.8. The van der Waals surface area contributed by atoms with Crippen molar-refractivity contribution >= 4 is 29.1 Å². The summed E-state index contributed by atoms with van der Waals surface area (Å²) in [6.07, 6.45) is 1.87. The number of anilines is 1. The Labute approximate surface area is 182 Å². The highest BCUT2D eigenvalue weighted by molar-refractivity contribution is 6.32. The molecule has 0 aliphatic heterocycles. The number of carbonyl (C=O) groups is 2. The molecule has 1 fully saturated rings. The van der Waals surface area contributed by atoms with Crippen LogP contribution >= 0.6 is 11.6 Å². The molecule has 1 saturated carbocycles. The Morgan fingerprint density at radius 3 is 2.42 bits per heavy atom. The maximum absolute atomic E-state index is 14.0. The number of aryl methyl sites for hydroxylation is 1. The van der Waals surface area contributed by atoms with Gasteiger partial charge < -0.3 is 9.84 Å². The van der Waals surface area contributed by atoms with Gasteiger partial charge in [0.15, 0.2) is 5.54 Å². The first-order valence-electron chi connectivity index (χ1n) is 9.82. The predicted octanol–water partition coefficient (Wildman–Crippen LogP) is 4.46. The summed E-state index contributed by atoms with van der Waals surface area (Å²) in [6.45, 7) is 3.24. The van der Waals surface area contributed by atoms with Gasteiger partial charge in [0, 0.05) is 30.1 Å². The lowest BCUT2D eigenvalue weighted by molar-refractivity contribution is -0.132. The molecule has 6 nitrogen and oxygen atoms in total. The lowest BCUT2D eigenvalue weighted by atomic mass is 9.87. The number of alkyl halides is 4. The van der Waals surface area contributed by atoms with Crippen molar-refractivity contribution in [3.63, 3.8) is 0 Å². The molecule has 0 bridgehead atoms. The summed E-state index contributed by atoms with van der Waals surface area (Å²) in [6, 6.07) is 6.01. The van der Waals surface area contributed by atoms with Crippen LogP contribution in [0.2, 0.25) is 0 Å². The van der Waals surface area contributed by atoms with Crippen LogP contribution in [0.3, 0.4) is 0 Å². The van der Waals surface area contributed by atoms with E-state index in [1.807, 2.05) is 6.92 Å². The van der Waals surface area contributed by atoms with E-state index < -0.39 is 34.9 Å². The van der Waals surface area contributed by atoms with Gasteiger partial charge in [0.25, 0.3) is 17.4 Å². The summed E-state index contributed by atoms with van der Waals surface area (Å²) >= 11 is 5.49. The van der Waals surface area contributed by atoms with Gasteiger partial charge in [-0.15, -0.1) is 0 Å². The Morgan fingerprint density at radius 2 is 1.90 bits per heavy atom. The summed E-state index contributed by atoms with van der Waals surface area (Å²) in [7, 11) is 0. The zero-order chi connectivity index (χ0) is 22.8. The molecule has 1 N–H and O–H groups in total. The van der Waals surface area contributed by atoms with Crippen LogP contribution in [0.5, 0.6) is 0 Å². The predicted molar refractivity (Wildman–Crippen MR) is 109 cm³/mol. The highest BCUT2D eigenvalue weighted by Crippen LogP contribution is 2.37. The number of hydrogen-bond donors (Lipinski definition) is 1. The molecule has 31 heavy (non-hydrogen) atoms. The average Bonchev–Trinajstić information content (AvgIpc) is 3.26. The van der Waals surface area contributed by atoms with E-state index in [1.165, 1.54) is 19.4 Å². The number of carbonyl (C=O) groups excluding carboxylic acids is 2. The molecule has 3 rings (SSSR count). The Morgan fingerprint density at radius 1 is 1.29 bits per heavy atom. The SMILES string of the molecule is Cc1ccc(N(C(=O)[C@H](F)Cl)[C@](C)(C(=O)NC2CCC(F)(F)CC2)c2cnoc2)cc1. The van der Waals surface area contributed by atoms with E-state index in [2.05, 4.69) is 10.5 Å². The van der Waals surface area contributed by atoms with Crippen LogP contribution in [0, 0.1) is 6.92 Å². The molecular formula is C21H23ClF3N3O3. The van der Waals surface area contributed by atoms with E-state index in [-0.39, 0.29) is 36.9 Å². The van der Waals surface area contributed by atoms with Crippen LogP contribution in [0.1, 0.15) is 43.7 Å². The summed E-state index contributed by atoms with van der Waals surface area (Å²) in [5.74, 6) is -4.60. The van der Waals surface area contributed by atoms with Crippen molar-refractivity contribution in [3.8, 4) is 0 Å². The second-order valence-electron chi connectivity index (χ2n) is 7.90. The van der Waals surface area contributed by atoms with E-state index in [0.717, 1.165) is 10.5 Å². The van der Waals surface area contributed by atoms with Gasteiger partial charge >= 0.3 is 0 Å². The quantitative estimate of drug-likeness (QED) is 0.650. The molecule has 0 unspecified atom stereocenters. The largest absolute Gasteiger partial charge is 0.364 e. The second kappa shape index (κ2) is 8.90. The van der Waals surface area contributed by atoms with Crippen molar-refractivity contribution < 1.29 is 27.3 Å². The van der Waals surface area contributed by atoms with Crippen molar-refractivity contribution in [2.45, 2.75) is 62.7 Å². The highest BCUT2D eigenvalue weighted by Gasteiger charge is 2.48. The number of hydrogen-bond acceptors (Lipinski definition) is 4. The van der Waals surface area contributed by atoms with Crippen LogP contribution in [0.25, 0.3) is 0 Å². The lowest BCUT2D eigenvalue weighted by Crippen LogP contribution is -2.60. The molecule has 2 amide bonds. The number of halogens is 4. The molecule has 2 aromatic rings. The van der Waals surface area contributed by atoms with Gasteiger partial charge in [-0.1, -0.05) is 34.5 Å². The van der Waals surface area contributed by atoms with Gasteiger partial charge in [0.1, 0.15) is 6.26 Å². The number of amides is 2. The van der Waals surface area contributed by atoms with Crippen molar-refractivity contribution in [1.29, 1.82) is 0 Å². The Balaban J connectivity index is 2.01. The molecule has 1 aromatic heterocycles. The number of rotatable bonds is 6. The first-order valence-corrected chi connectivity index (χ1v) is 10.3. The second-order valence-corrected chi connectivity index (χ2v) is 8.28. The maximum Gasteiger partial charge on any atom is 0.278 e. The maximum atomic E-state index is 14.0. The van der Waals surface area contributed by atoms with Crippen molar-refractivity contribution in [2.75, 3.05) is 4.90 Å². The van der Waals surface area contributed by atoms with E-state index in [4.69, 9.17) is 16.1 Å². The number of benzene rings is 1. The van der Waals surface area contributed by atoms with Gasteiger partial charge in [-0.05, 0) is 38.8 Å². The Kier molecular flexibility index (Phi) is 6.64. The fourth-order valence-corrected chi connectivity index (χ4v) is 3.81.